The lowest BCUT2D eigenvalue weighted by Gasteiger charge is -2.34. The predicted octanol–water partition coefficient (Wildman–Crippen LogP) is 2.52. The summed E-state index contributed by atoms with van der Waals surface area (Å²) >= 11 is 6.11. The molecule has 1 heterocycles. The Balaban J connectivity index is 1.48. The zero-order valence-electron chi connectivity index (χ0n) is 16.1. The van der Waals surface area contributed by atoms with Crippen LogP contribution >= 0.6 is 11.6 Å². The lowest BCUT2D eigenvalue weighted by molar-refractivity contribution is -0.117. The van der Waals surface area contributed by atoms with Gasteiger partial charge in [0, 0.05) is 31.9 Å². The maximum atomic E-state index is 12.6. The van der Waals surface area contributed by atoms with Crippen LogP contribution in [0.4, 0.5) is 5.69 Å². The first-order valence-electron chi connectivity index (χ1n) is 9.22. The molecular weight excluding hydrogens is 394 g/mol. The number of anilines is 1. The largest absolute Gasteiger partial charge is 0.465 e. The molecule has 1 saturated heterocycles. The van der Waals surface area contributed by atoms with Crippen molar-refractivity contribution in [3.05, 3.63) is 64.7 Å². The third-order valence-corrected chi connectivity index (χ3v) is 5.05. The van der Waals surface area contributed by atoms with Crippen molar-refractivity contribution in [1.82, 2.24) is 9.80 Å². The number of benzene rings is 2. The van der Waals surface area contributed by atoms with E-state index in [0.29, 0.717) is 48.0 Å². The van der Waals surface area contributed by atoms with Gasteiger partial charge in [-0.3, -0.25) is 14.5 Å². The lowest BCUT2D eigenvalue weighted by atomic mass is 10.2. The summed E-state index contributed by atoms with van der Waals surface area (Å²) in [5.41, 5.74) is 1.52. The summed E-state index contributed by atoms with van der Waals surface area (Å²) in [4.78, 5) is 40.1. The third kappa shape index (κ3) is 5.34. The van der Waals surface area contributed by atoms with E-state index < -0.39 is 5.97 Å². The smallest absolute Gasteiger partial charge is 0.337 e. The van der Waals surface area contributed by atoms with Crippen LogP contribution in [0.15, 0.2) is 48.5 Å². The van der Waals surface area contributed by atoms with Crippen LogP contribution < -0.4 is 5.32 Å². The topological polar surface area (TPSA) is 79.0 Å². The number of methoxy groups -OCH3 is 1. The average molecular weight is 416 g/mol. The molecule has 1 N–H and O–H groups in total. The number of rotatable bonds is 5. The Kier molecular flexibility index (Phi) is 6.85. The molecule has 0 spiro atoms. The molecule has 0 aliphatic carbocycles. The second-order valence-electron chi connectivity index (χ2n) is 6.67. The molecule has 152 valence electrons. The number of carbonyl (C=O) groups excluding carboxylic acids is 3. The van der Waals surface area contributed by atoms with Crippen LogP contribution in [0.5, 0.6) is 0 Å². The van der Waals surface area contributed by atoms with E-state index in [2.05, 4.69) is 10.1 Å². The molecule has 0 aromatic heterocycles. The molecule has 2 aromatic rings. The van der Waals surface area contributed by atoms with Gasteiger partial charge in [0.05, 0.1) is 29.8 Å². The highest BCUT2D eigenvalue weighted by molar-refractivity contribution is 6.33. The zero-order valence-corrected chi connectivity index (χ0v) is 16.8. The maximum Gasteiger partial charge on any atom is 0.337 e. The van der Waals surface area contributed by atoms with E-state index >= 15 is 0 Å². The van der Waals surface area contributed by atoms with Gasteiger partial charge in [-0.1, -0.05) is 23.7 Å². The summed E-state index contributed by atoms with van der Waals surface area (Å²) in [5.74, 6) is -0.667. The maximum absolute atomic E-state index is 12.6. The van der Waals surface area contributed by atoms with Crippen LogP contribution in [0.25, 0.3) is 0 Å². The van der Waals surface area contributed by atoms with Crippen LogP contribution in [0.2, 0.25) is 5.02 Å². The SMILES string of the molecule is COC(=O)c1ccc(NC(=O)CN2CCN(C(=O)c3ccccc3Cl)CC2)cc1. The molecule has 29 heavy (non-hydrogen) atoms. The van der Waals surface area contributed by atoms with Crippen LogP contribution in [0, 0.1) is 0 Å². The van der Waals surface area contributed by atoms with E-state index in [4.69, 9.17) is 11.6 Å². The highest BCUT2D eigenvalue weighted by Crippen LogP contribution is 2.18. The van der Waals surface area contributed by atoms with E-state index in [1.54, 1.807) is 53.4 Å². The van der Waals surface area contributed by atoms with Crippen LogP contribution in [-0.4, -0.2) is 67.4 Å². The molecule has 8 heteroatoms. The summed E-state index contributed by atoms with van der Waals surface area (Å²) in [5, 5.41) is 3.25. The molecule has 7 nitrogen and oxygen atoms in total. The summed E-state index contributed by atoms with van der Waals surface area (Å²) < 4.78 is 4.65. The summed E-state index contributed by atoms with van der Waals surface area (Å²) in [6.45, 7) is 2.50. The van der Waals surface area contributed by atoms with E-state index in [1.807, 2.05) is 4.90 Å². The molecule has 1 aliphatic rings. The van der Waals surface area contributed by atoms with E-state index in [9.17, 15) is 14.4 Å². The van der Waals surface area contributed by atoms with Gasteiger partial charge in [0.25, 0.3) is 5.91 Å². The van der Waals surface area contributed by atoms with E-state index in [1.165, 1.54) is 7.11 Å². The van der Waals surface area contributed by atoms with E-state index in [0.717, 1.165) is 0 Å². The van der Waals surface area contributed by atoms with Gasteiger partial charge >= 0.3 is 5.97 Å². The fourth-order valence-corrected chi connectivity index (χ4v) is 3.34. The number of nitrogens with one attached hydrogen (secondary N) is 1. The Morgan fingerprint density at radius 1 is 1.00 bits per heavy atom. The molecule has 3 rings (SSSR count). The van der Waals surface area contributed by atoms with Crippen molar-refractivity contribution in [3.8, 4) is 0 Å². The quantitative estimate of drug-likeness (QED) is 0.759. The normalized spacial score (nSPS) is 14.3. The van der Waals surface area contributed by atoms with Gasteiger partial charge in [-0.25, -0.2) is 4.79 Å². The summed E-state index contributed by atoms with van der Waals surface area (Å²) in [6, 6.07) is 13.5. The number of hydrogen-bond donors (Lipinski definition) is 1. The van der Waals surface area contributed by atoms with Gasteiger partial charge in [0.2, 0.25) is 5.91 Å². The number of carbonyl (C=O) groups is 3. The van der Waals surface area contributed by atoms with Gasteiger partial charge in [0.1, 0.15) is 0 Å². The minimum Gasteiger partial charge on any atom is -0.465 e. The van der Waals surface area contributed by atoms with Crippen LogP contribution in [-0.2, 0) is 9.53 Å². The van der Waals surface area contributed by atoms with Gasteiger partial charge in [-0.2, -0.15) is 0 Å². The zero-order chi connectivity index (χ0) is 20.8. The standard InChI is InChI=1S/C21H22ClN3O4/c1-29-21(28)15-6-8-16(9-7-15)23-19(26)14-24-10-12-25(13-11-24)20(27)17-4-2-3-5-18(17)22/h2-9H,10-14H2,1H3,(H,23,26). The second kappa shape index (κ2) is 9.54. The Morgan fingerprint density at radius 2 is 1.66 bits per heavy atom. The van der Waals surface area contributed by atoms with Crippen molar-refractivity contribution >= 4 is 35.1 Å². The number of esters is 1. The number of amides is 2. The summed E-state index contributed by atoms with van der Waals surface area (Å²) in [7, 11) is 1.32. The molecular formula is C21H22ClN3O4. The minimum atomic E-state index is -0.424. The van der Waals surface area contributed by atoms with E-state index in [-0.39, 0.29) is 18.4 Å². The van der Waals surface area contributed by atoms with Crippen molar-refractivity contribution in [3.63, 3.8) is 0 Å². The van der Waals surface area contributed by atoms with Crippen molar-refractivity contribution in [2.75, 3.05) is 45.2 Å². The van der Waals surface area contributed by atoms with Crippen LogP contribution in [0.1, 0.15) is 20.7 Å². The average Bonchev–Trinajstić information content (AvgIpc) is 2.74. The summed E-state index contributed by atoms with van der Waals surface area (Å²) in [6.07, 6.45) is 0. The molecule has 0 saturated carbocycles. The first kappa shape index (κ1) is 20.8. The second-order valence-corrected chi connectivity index (χ2v) is 7.07. The predicted molar refractivity (Wildman–Crippen MR) is 110 cm³/mol. The molecule has 1 fully saturated rings. The fraction of sp³-hybridized carbons (Fsp3) is 0.286. The first-order chi connectivity index (χ1) is 14.0. The van der Waals surface area contributed by atoms with Gasteiger partial charge in [0.15, 0.2) is 0 Å². The minimum absolute atomic E-state index is 0.0922. The molecule has 0 bridgehead atoms. The van der Waals surface area contributed by atoms with Gasteiger partial charge in [-0.15, -0.1) is 0 Å². The van der Waals surface area contributed by atoms with Crippen LogP contribution in [0.3, 0.4) is 0 Å². The Hall–Kier alpha value is -2.90. The number of ether oxygens (including phenoxy) is 1. The Bertz CT molecular complexity index is 893. The fourth-order valence-electron chi connectivity index (χ4n) is 3.13. The van der Waals surface area contributed by atoms with Crippen molar-refractivity contribution in [1.29, 1.82) is 0 Å². The number of hydrogen-bond acceptors (Lipinski definition) is 5. The monoisotopic (exact) mass is 415 g/mol. The molecule has 2 aromatic carbocycles. The molecule has 0 radical (unpaired) electrons. The van der Waals surface area contributed by atoms with Gasteiger partial charge in [-0.05, 0) is 36.4 Å². The van der Waals surface area contributed by atoms with Crippen molar-refractivity contribution in [2.45, 2.75) is 0 Å². The molecule has 0 atom stereocenters. The highest BCUT2D eigenvalue weighted by Gasteiger charge is 2.24. The molecule has 2 amide bonds. The number of nitrogens with zero attached hydrogens (tertiary/aromatic N) is 2. The van der Waals surface area contributed by atoms with Crippen molar-refractivity contribution in [2.24, 2.45) is 0 Å². The van der Waals surface area contributed by atoms with Gasteiger partial charge < -0.3 is 15.0 Å². The number of piperazine rings is 1. The first-order valence-corrected chi connectivity index (χ1v) is 9.60. The third-order valence-electron chi connectivity index (χ3n) is 4.72. The Morgan fingerprint density at radius 3 is 2.28 bits per heavy atom. The molecule has 0 unspecified atom stereocenters. The number of halogens is 1. The van der Waals surface area contributed by atoms with Crippen molar-refractivity contribution < 1.29 is 19.1 Å². The highest BCUT2D eigenvalue weighted by atomic mass is 35.5. The Labute approximate surface area is 174 Å². The molecule has 1 aliphatic heterocycles. The lowest BCUT2D eigenvalue weighted by Crippen LogP contribution is -2.50.